The molecule has 5 heteroatoms. The van der Waals surface area contributed by atoms with Crippen LogP contribution < -0.4 is 5.73 Å². The third-order valence-electron chi connectivity index (χ3n) is 5.08. The molecule has 1 aromatic heterocycles. The molecule has 2 heterocycles. The zero-order chi connectivity index (χ0) is 18.6. The van der Waals surface area contributed by atoms with Gasteiger partial charge in [-0.05, 0) is 23.1 Å². The van der Waals surface area contributed by atoms with Crippen LogP contribution in [-0.4, -0.2) is 32.9 Å². The first kappa shape index (κ1) is 17.5. The number of hydrogen-bond acceptors (Lipinski definition) is 3. The summed E-state index contributed by atoms with van der Waals surface area (Å²) in [5.41, 5.74) is 10.8. The number of nitrogens with two attached hydrogens (primary N) is 1. The van der Waals surface area contributed by atoms with E-state index < -0.39 is 6.04 Å². The standard InChI is InChI=1S/C22H24N4O/c23-21(22(27)26-11-10-18-8-4-5-9-19(18)14-26)12-20-15-25(16-24-20)13-17-6-2-1-3-7-17/h1-9,15-16,21H,10-14,23H2/t21-/m0/s1. The van der Waals surface area contributed by atoms with Crippen LogP contribution in [0.25, 0.3) is 0 Å². The van der Waals surface area contributed by atoms with Gasteiger partial charge in [0.2, 0.25) is 5.91 Å². The van der Waals surface area contributed by atoms with Gasteiger partial charge in [-0.3, -0.25) is 4.79 Å². The maximum absolute atomic E-state index is 12.8. The third-order valence-corrected chi connectivity index (χ3v) is 5.08. The van der Waals surface area contributed by atoms with Crippen LogP contribution in [0.1, 0.15) is 22.4 Å². The molecule has 0 spiro atoms. The molecule has 3 aromatic rings. The molecule has 27 heavy (non-hydrogen) atoms. The number of amides is 1. The van der Waals surface area contributed by atoms with Crippen molar-refractivity contribution in [3.63, 3.8) is 0 Å². The third kappa shape index (κ3) is 4.09. The molecule has 0 saturated carbocycles. The van der Waals surface area contributed by atoms with Gasteiger partial charge in [0.25, 0.3) is 0 Å². The minimum Gasteiger partial charge on any atom is -0.337 e. The Bertz CT molecular complexity index is 919. The molecule has 2 N–H and O–H groups in total. The summed E-state index contributed by atoms with van der Waals surface area (Å²) in [5.74, 6) is 0.00196. The van der Waals surface area contributed by atoms with E-state index in [1.165, 1.54) is 16.7 Å². The van der Waals surface area contributed by atoms with Gasteiger partial charge in [0.05, 0.1) is 18.1 Å². The van der Waals surface area contributed by atoms with Crippen molar-refractivity contribution in [1.82, 2.24) is 14.5 Å². The number of aromatic nitrogens is 2. The molecular weight excluding hydrogens is 336 g/mol. The summed E-state index contributed by atoms with van der Waals surface area (Å²) in [4.78, 5) is 19.1. The molecule has 138 valence electrons. The lowest BCUT2D eigenvalue weighted by Crippen LogP contribution is -2.46. The maximum atomic E-state index is 12.8. The minimum atomic E-state index is -0.560. The van der Waals surface area contributed by atoms with E-state index >= 15 is 0 Å². The van der Waals surface area contributed by atoms with Gasteiger partial charge in [0, 0.05) is 32.3 Å². The second kappa shape index (κ2) is 7.76. The van der Waals surface area contributed by atoms with Crippen LogP contribution in [0.4, 0.5) is 0 Å². The fourth-order valence-electron chi connectivity index (χ4n) is 3.62. The quantitative estimate of drug-likeness (QED) is 0.760. The molecule has 0 fully saturated rings. The van der Waals surface area contributed by atoms with Crippen molar-refractivity contribution in [2.45, 2.75) is 32.0 Å². The normalized spacial score (nSPS) is 14.6. The summed E-state index contributed by atoms with van der Waals surface area (Å²) >= 11 is 0. The molecule has 1 aliphatic heterocycles. The van der Waals surface area contributed by atoms with Crippen molar-refractivity contribution in [2.75, 3.05) is 6.54 Å². The van der Waals surface area contributed by atoms with Gasteiger partial charge in [0.15, 0.2) is 0 Å². The van der Waals surface area contributed by atoms with E-state index in [4.69, 9.17) is 5.73 Å². The highest BCUT2D eigenvalue weighted by molar-refractivity contribution is 5.82. The van der Waals surface area contributed by atoms with Gasteiger partial charge in [0.1, 0.15) is 0 Å². The molecular formula is C22H24N4O. The summed E-state index contributed by atoms with van der Waals surface area (Å²) in [7, 11) is 0. The lowest BCUT2D eigenvalue weighted by Gasteiger charge is -2.30. The fraction of sp³-hybridized carbons (Fsp3) is 0.273. The maximum Gasteiger partial charge on any atom is 0.240 e. The van der Waals surface area contributed by atoms with E-state index in [1.807, 2.05) is 46.0 Å². The van der Waals surface area contributed by atoms with Gasteiger partial charge in [-0.25, -0.2) is 4.98 Å². The summed E-state index contributed by atoms with van der Waals surface area (Å²) in [6, 6.07) is 18.0. The van der Waals surface area contributed by atoms with Crippen molar-refractivity contribution in [2.24, 2.45) is 5.73 Å². The van der Waals surface area contributed by atoms with Gasteiger partial charge in [-0.2, -0.15) is 0 Å². The predicted octanol–water partition coefficient (Wildman–Crippen LogP) is 2.39. The fourth-order valence-corrected chi connectivity index (χ4v) is 3.62. The van der Waals surface area contributed by atoms with Crippen LogP contribution >= 0.6 is 0 Å². The van der Waals surface area contributed by atoms with Crippen LogP contribution in [0.15, 0.2) is 67.1 Å². The summed E-state index contributed by atoms with van der Waals surface area (Å²) in [6.07, 6.45) is 5.13. The molecule has 0 aliphatic carbocycles. The molecule has 1 aliphatic rings. The molecule has 0 saturated heterocycles. The van der Waals surface area contributed by atoms with Crippen LogP contribution in [0.2, 0.25) is 0 Å². The number of imidazole rings is 1. The first-order chi connectivity index (χ1) is 13.2. The van der Waals surface area contributed by atoms with Gasteiger partial charge in [-0.15, -0.1) is 0 Å². The molecule has 2 aromatic carbocycles. The first-order valence-corrected chi connectivity index (χ1v) is 9.35. The molecule has 1 amide bonds. The first-order valence-electron chi connectivity index (χ1n) is 9.35. The Morgan fingerprint density at radius 3 is 2.63 bits per heavy atom. The highest BCUT2D eigenvalue weighted by Crippen LogP contribution is 2.19. The topological polar surface area (TPSA) is 64.2 Å². The Morgan fingerprint density at radius 2 is 1.81 bits per heavy atom. The molecule has 1 atom stereocenters. The van der Waals surface area contributed by atoms with Gasteiger partial charge < -0.3 is 15.2 Å². The van der Waals surface area contributed by atoms with E-state index in [2.05, 4.69) is 29.2 Å². The highest BCUT2D eigenvalue weighted by atomic mass is 16.2. The number of hydrogen-bond donors (Lipinski definition) is 1. The number of benzene rings is 2. The number of fused-ring (bicyclic) bond motifs is 1. The van der Waals surface area contributed by atoms with Crippen molar-refractivity contribution >= 4 is 5.91 Å². The lowest BCUT2D eigenvalue weighted by molar-refractivity contribution is -0.133. The van der Waals surface area contributed by atoms with E-state index in [0.717, 1.165) is 25.2 Å². The van der Waals surface area contributed by atoms with Crippen LogP contribution in [-0.2, 0) is 30.7 Å². The Morgan fingerprint density at radius 1 is 1.07 bits per heavy atom. The van der Waals surface area contributed by atoms with Crippen molar-refractivity contribution in [3.8, 4) is 0 Å². The molecule has 4 rings (SSSR count). The second-order valence-electron chi connectivity index (χ2n) is 7.11. The molecule has 5 nitrogen and oxygen atoms in total. The van der Waals surface area contributed by atoms with Crippen molar-refractivity contribution < 1.29 is 4.79 Å². The molecule has 0 bridgehead atoms. The van der Waals surface area contributed by atoms with E-state index in [-0.39, 0.29) is 5.91 Å². The van der Waals surface area contributed by atoms with Crippen LogP contribution in [0.5, 0.6) is 0 Å². The number of nitrogens with zero attached hydrogens (tertiary/aromatic N) is 3. The predicted molar refractivity (Wildman–Crippen MR) is 105 cm³/mol. The van der Waals surface area contributed by atoms with Crippen molar-refractivity contribution in [3.05, 3.63) is 89.5 Å². The van der Waals surface area contributed by atoms with E-state index in [1.54, 1.807) is 6.33 Å². The van der Waals surface area contributed by atoms with E-state index in [0.29, 0.717) is 13.0 Å². The highest BCUT2D eigenvalue weighted by Gasteiger charge is 2.25. The number of carbonyl (C=O) groups excluding carboxylic acids is 1. The average Bonchev–Trinajstić information content (AvgIpc) is 3.14. The zero-order valence-electron chi connectivity index (χ0n) is 15.3. The van der Waals surface area contributed by atoms with Gasteiger partial charge >= 0.3 is 0 Å². The summed E-state index contributed by atoms with van der Waals surface area (Å²) in [6.45, 7) is 2.14. The lowest BCUT2D eigenvalue weighted by atomic mass is 9.99. The number of rotatable bonds is 5. The Kier molecular flexibility index (Phi) is 5.03. The SMILES string of the molecule is N[C@@H](Cc1cn(Cc2ccccc2)cn1)C(=O)N1CCc2ccccc2C1. The Balaban J connectivity index is 1.36. The second-order valence-corrected chi connectivity index (χ2v) is 7.11. The summed E-state index contributed by atoms with van der Waals surface area (Å²) < 4.78 is 2.03. The monoisotopic (exact) mass is 360 g/mol. The van der Waals surface area contributed by atoms with Crippen LogP contribution in [0, 0.1) is 0 Å². The Hall–Kier alpha value is -2.92. The minimum absolute atomic E-state index is 0.00196. The largest absolute Gasteiger partial charge is 0.337 e. The Labute approximate surface area is 159 Å². The van der Waals surface area contributed by atoms with Gasteiger partial charge in [-0.1, -0.05) is 54.6 Å². The van der Waals surface area contributed by atoms with E-state index in [9.17, 15) is 4.79 Å². The average molecular weight is 360 g/mol. The molecule has 0 radical (unpaired) electrons. The smallest absolute Gasteiger partial charge is 0.240 e. The summed E-state index contributed by atoms with van der Waals surface area (Å²) in [5, 5.41) is 0. The molecule has 0 unspecified atom stereocenters. The van der Waals surface area contributed by atoms with Crippen molar-refractivity contribution in [1.29, 1.82) is 0 Å². The zero-order valence-corrected chi connectivity index (χ0v) is 15.3. The van der Waals surface area contributed by atoms with Crippen LogP contribution in [0.3, 0.4) is 0 Å². The number of carbonyl (C=O) groups is 1.